The van der Waals surface area contributed by atoms with Crippen molar-refractivity contribution >= 4 is 34.4 Å². The Morgan fingerprint density at radius 1 is 1.32 bits per heavy atom. The second-order valence-corrected chi connectivity index (χ2v) is 8.70. The van der Waals surface area contributed by atoms with Crippen LogP contribution in [0.25, 0.3) is 21.7 Å². The minimum Gasteiger partial charge on any atom is -0.462 e. The van der Waals surface area contributed by atoms with Crippen molar-refractivity contribution in [2.75, 3.05) is 24.6 Å². The number of alkyl halides is 3. The van der Waals surface area contributed by atoms with E-state index in [1.54, 1.807) is 18.5 Å². The van der Waals surface area contributed by atoms with Gasteiger partial charge in [-0.2, -0.15) is 4.98 Å². The molecule has 1 aliphatic rings. The largest absolute Gasteiger partial charge is 0.573 e. The van der Waals surface area contributed by atoms with E-state index in [9.17, 15) is 18.0 Å². The van der Waals surface area contributed by atoms with Crippen molar-refractivity contribution in [3.8, 4) is 16.3 Å². The number of piperazine rings is 1. The van der Waals surface area contributed by atoms with Crippen LogP contribution in [0.1, 0.15) is 44.0 Å². The molecule has 0 spiro atoms. The van der Waals surface area contributed by atoms with Gasteiger partial charge in [0.2, 0.25) is 0 Å². The summed E-state index contributed by atoms with van der Waals surface area (Å²) in [5, 5.41) is 5.65. The Morgan fingerprint density at radius 2 is 2.12 bits per heavy atom. The van der Waals surface area contributed by atoms with Gasteiger partial charge in [-0.05, 0) is 25.8 Å². The molecular formula is C22H25F3N4O4S. The quantitative estimate of drug-likeness (QED) is 0.456. The molecule has 0 bridgehead atoms. The van der Waals surface area contributed by atoms with Crippen LogP contribution in [0.5, 0.6) is 5.75 Å². The first-order chi connectivity index (χ1) is 16.3. The molecular weight excluding hydrogens is 473 g/mol. The summed E-state index contributed by atoms with van der Waals surface area (Å²) in [6.45, 7) is 6.88. The summed E-state index contributed by atoms with van der Waals surface area (Å²) in [5.41, 5.74) is -0.185. The number of ether oxygens (including phenoxy) is 2. The van der Waals surface area contributed by atoms with E-state index in [0.717, 1.165) is 12.8 Å². The Hall–Kier alpha value is -2.86. The maximum atomic E-state index is 13.4. The number of carbonyl (C=O) groups excluding carboxylic acids is 1. The lowest BCUT2D eigenvalue weighted by atomic mass is 10.1. The number of benzene rings is 1. The molecule has 3 heterocycles. The molecule has 0 aliphatic carbocycles. The van der Waals surface area contributed by atoms with Crippen LogP contribution in [0.15, 0.2) is 22.1 Å². The van der Waals surface area contributed by atoms with Crippen LogP contribution in [0.4, 0.5) is 19.2 Å². The van der Waals surface area contributed by atoms with Gasteiger partial charge in [0.05, 0.1) is 12.2 Å². The second kappa shape index (κ2) is 9.79. The van der Waals surface area contributed by atoms with Crippen molar-refractivity contribution in [2.45, 2.75) is 52.1 Å². The maximum Gasteiger partial charge on any atom is 0.573 e. The van der Waals surface area contributed by atoms with E-state index in [0.29, 0.717) is 23.7 Å². The minimum atomic E-state index is -5.05. The Labute approximate surface area is 198 Å². The first-order valence-electron chi connectivity index (χ1n) is 11.1. The third-order valence-electron chi connectivity index (χ3n) is 5.69. The highest BCUT2D eigenvalue weighted by Crippen LogP contribution is 2.42. The molecule has 0 radical (unpaired) electrons. The maximum absolute atomic E-state index is 13.4. The molecule has 0 saturated carbocycles. The number of halogens is 3. The summed E-state index contributed by atoms with van der Waals surface area (Å²) in [4.78, 5) is 23.3. The van der Waals surface area contributed by atoms with Crippen molar-refractivity contribution in [2.24, 2.45) is 0 Å². The molecule has 2 atom stereocenters. The van der Waals surface area contributed by atoms with Gasteiger partial charge in [0.15, 0.2) is 16.8 Å². The van der Waals surface area contributed by atoms with Crippen LogP contribution >= 0.6 is 11.3 Å². The van der Waals surface area contributed by atoms with Gasteiger partial charge in [0, 0.05) is 36.8 Å². The fourth-order valence-corrected chi connectivity index (χ4v) is 4.65. The van der Waals surface area contributed by atoms with Crippen LogP contribution < -0.4 is 15.0 Å². The van der Waals surface area contributed by atoms with Gasteiger partial charge in [0.25, 0.3) is 6.01 Å². The Balaban J connectivity index is 1.95. The number of fused-ring (bicyclic) bond motifs is 1. The normalized spacial score (nSPS) is 18.9. The molecule has 1 N–H and O–H groups in total. The number of carbonyl (C=O) groups is 1. The Bertz CT molecular complexity index is 1150. The van der Waals surface area contributed by atoms with Gasteiger partial charge in [-0.1, -0.05) is 13.8 Å². The zero-order valence-electron chi connectivity index (χ0n) is 18.9. The number of anilines is 1. The molecule has 8 nitrogen and oxygen atoms in total. The van der Waals surface area contributed by atoms with Crippen molar-refractivity contribution in [3.63, 3.8) is 0 Å². The number of nitrogens with zero attached hydrogens (tertiary/aromatic N) is 3. The van der Waals surface area contributed by atoms with E-state index in [-0.39, 0.29) is 35.8 Å². The van der Waals surface area contributed by atoms with Crippen molar-refractivity contribution in [1.29, 1.82) is 0 Å². The number of nitrogens with one attached hydrogen (secondary N) is 1. The van der Waals surface area contributed by atoms with Crippen LogP contribution in [-0.4, -0.2) is 54.1 Å². The molecule has 2 unspecified atom stereocenters. The Kier molecular flexibility index (Phi) is 6.99. The lowest BCUT2D eigenvalue weighted by Crippen LogP contribution is -2.56. The zero-order chi connectivity index (χ0) is 24.5. The van der Waals surface area contributed by atoms with E-state index >= 15 is 0 Å². The summed E-state index contributed by atoms with van der Waals surface area (Å²) in [7, 11) is 0. The first-order valence-corrected chi connectivity index (χ1v) is 11.9. The number of aromatic nitrogens is 2. The summed E-state index contributed by atoms with van der Waals surface area (Å²) in [5.74, 6) is -1.70. The number of rotatable bonds is 7. The number of esters is 1. The molecule has 34 heavy (non-hydrogen) atoms. The highest BCUT2D eigenvalue weighted by molar-refractivity contribution is 7.13. The van der Waals surface area contributed by atoms with E-state index in [1.807, 2.05) is 11.8 Å². The molecule has 1 aliphatic heterocycles. The third-order valence-corrected chi connectivity index (χ3v) is 6.50. The molecule has 2 aromatic heterocycles. The average Bonchev–Trinajstić information content (AvgIpc) is 3.48. The van der Waals surface area contributed by atoms with Crippen molar-refractivity contribution < 1.29 is 31.9 Å². The second-order valence-electron chi connectivity index (χ2n) is 7.81. The van der Waals surface area contributed by atoms with Crippen molar-refractivity contribution in [1.82, 2.24) is 15.3 Å². The van der Waals surface area contributed by atoms with Gasteiger partial charge < -0.3 is 24.1 Å². The molecule has 1 fully saturated rings. The fourth-order valence-electron chi connectivity index (χ4n) is 4.00. The molecule has 1 aromatic carbocycles. The molecule has 3 aromatic rings. The van der Waals surface area contributed by atoms with Gasteiger partial charge in [-0.3, -0.25) is 0 Å². The van der Waals surface area contributed by atoms with Crippen LogP contribution in [0.2, 0.25) is 0 Å². The molecule has 0 amide bonds. The fraction of sp³-hybridized carbons (Fsp3) is 0.500. The van der Waals surface area contributed by atoms with Gasteiger partial charge >= 0.3 is 12.3 Å². The summed E-state index contributed by atoms with van der Waals surface area (Å²) in [6, 6.07) is 1.65. The predicted octanol–water partition coefficient (Wildman–Crippen LogP) is 4.99. The van der Waals surface area contributed by atoms with Gasteiger partial charge in [0.1, 0.15) is 10.6 Å². The number of oxazole rings is 1. The van der Waals surface area contributed by atoms with Gasteiger partial charge in [-0.15, -0.1) is 24.5 Å². The van der Waals surface area contributed by atoms with E-state index < -0.39 is 23.6 Å². The summed E-state index contributed by atoms with van der Waals surface area (Å²) < 4.78 is 55.6. The molecule has 1 saturated heterocycles. The van der Waals surface area contributed by atoms with Crippen LogP contribution in [0.3, 0.4) is 0 Å². The Morgan fingerprint density at radius 3 is 2.74 bits per heavy atom. The lowest BCUT2D eigenvalue weighted by molar-refractivity contribution is -0.274. The standard InChI is InChI=1S/C22H25F3N4O4S/c1-4-12-11-29(13(5-2)10-27-12)21-28-16-17(32-21)14(19-26-7-8-34-19)9-15(20(30)31-6-3)18(16)33-22(23,24)25/h7-9,12-13,27H,4-6,10-11H2,1-3H3. The molecule has 184 valence electrons. The highest BCUT2D eigenvalue weighted by Gasteiger charge is 2.38. The first kappa shape index (κ1) is 24.3. The number of thiazole rings is 1. The molecule has 4 rings (SSSR count). The number of hydrogen-bond donors (Lipinski definition) is 1. The lowest BCUT2D eigenvalue weighted by Gasteiger charge is -2.38. The summed E-state index contributed by atoms with van der Waals surface area (Å²) >= 11 is 1.26. The SMILES string of the molecule is CCOC(=O)c1cc(-c2nccs2)c2oc(N3CC(CC)NCC3CC)nc2c1OC(F)(F)F. The predicted molar refractivity (Wildman–Crippen MR) is 121 cm³/mol. The number of hydrogen-bond acceptors (Lipinski definition) is 9. The van der Waals surface area contributed by atoms with E-state index in [2.05, 4.69) is 26.9 Å². The topological polar surface area (TPSA) is 89.7 Å². The van der Waals surface area contributed by atoms with Gasteiger partial charge in [-0.25, -0.2) is 9.78 Å². The summed E-state index contributed by atoms with van der Waals surface area (Å²) in [6.07, 6.45) is -1.85. The average molecular weight is 499 g/mol. The van der Waals surface area contributed by atoms with Crippen molar-refractivity contribution in [3.05, 3.63) is 23.2 Å². The highest BCUT2D eigenvalue weighted by atomic mass is 32.1. The third kappa shape index (κ3) is 4.83. The zero-order valence-corrected chi connectivity index (χ0v) is 19.8. The monoisotopic (exact) mass is 498 g/mol. The molecule has 12 heteroatoms. The minimum absolute atomic E-state index is 0.0175. The smallest absolute Gasteiger partial charge is 0.462 e. The van der Waals surface area contributed by atoms with E-state index in [4.69, 9.17) is 9.15 Å². The van der Waals surface area contributed by atoms with Crippen LogP contribution in [-0.2, 0) is 4.74 Å². The van der Waals surface area contributed by atoms with E-state index in [1.165, 1.54) is 17.4 Å². The van der Waals surface area contributed by atoms with Crippen LogP contribution in [0, 0.1) is 0 Å².